The van der Waals surface area contributed by atoms with Gasteiger partial charge in [0.2, 0.25) is 0 Å². The molecule has 0 saturated heterocycles. The predicted octanol–water partition coefficient (Wildman–Crippen LogP) is 4.93. The van der Waals surface area contributed by atoms with Crippen LogP contribution in [-0.4, -0.2) is 24.2 Å². The number of hydrogen-bond acceptors (Lipinski definition) is 2. The van der Waals surface area contributed by atoms with E-state index in [1.807, 2.05) is 0 Å². The molecular weight excluding hydrogens is 284 g/mol. The molecule has 1 aromatic carbocycles. The molecule has 0 spiro atoms. The van der Waals surface area contributed by atoms with E-state index in [0.717, 1.165) is 31.6 Å². The van der Waals surface area contributed by atoms with Gasteiger partial charge in [-0.2, -0.15) is 0 Å². The summed E-state index contributed by atoms with van der Waals surface area (Å²) in [5.74, 6) is 0.907. The van der Waals surface area contributed by atoms with Crippen LogP contribution in [0.5, 0.6) is 5.75 Å². The monoisotopic (exact) mass is 310 g/mol. The van der Waals surface area contributed by atoms with Gasteiger partial charge in [0.25, 0.3) is 0 Å². The van der Waals surface area contributed by atoms with Crippen LogP contribution in [0.2, 0.25) is 0 Å². The lowest BCUT2D eigenvalue weighted by Crippen LogP contribution is -2.52. The van der Waals surface area contributed by atoms with E-state index in [1.54, 1.807) is 0 Å². The van der Waals surface area contributed by atoms with Crippen molar-refractivity contribution in [3.63, 3.8) is 0 Å². The van der Waals surface area contributed by atoms with E-state index >= 15 is 0 Å². The van der Waals surface area contributed by atoms with Gasteiger partial charge < -0.3 is 9.47 Å². The third kappa shape index (κ3) is 3.92. The Morgan fingerprint density at radius 2 is 1.86 bits per heavy atom. The summed E-state index contributed by atoms with van der Waals surface area (Å²) in [5.41, 5.74) is 1.56. The van der Waals surface area contributed by atoms with E-state index in [1.165, 1.54) is 5.56 Å². The van der Waals surface area contributed by atoms with Gasteiger partial charge in [0.05, 0.1) is 5.38 Å². The second-order valence-electron chi connectivity index (χ2n) is 6.51. The fourth-order valence-corrected chi connectivity index (χ4v) is 2.88. The minimum atomic E-state index is 0.0263. The van der Waals surface area contributed by atoms with Gasteiger partial charge in [-0.3, -0.25) is 0 Å². The molecular formula is C18H27ClO2. The Bertz CT molecular complexity index is 441. The van der Waals surface area contributed by atoms with E-state index < -0.39 is 0 Å². The van der Waals surface area contributed by atoms with Crippen LogP contribution < -0.4 is 4.74 Å². The number of ether oxygens (including phenoxy) is 2. The van der Waals surface area contributed by atoms with Crippen LogP contribution in [0.1, 0.15) is 52.5 Å². The lowest BCUT2D eigenvalue weighted by atomic mass is 9.82. The van der Waals surface area contributed by atoms with Gasteiger partial charge in [0.1, 0.15) is 18.0 Å². The van der Waals surface area contributed by atoms with Crippen molar-refractivity contribution in [2.45, 2.75) is 70.0 Å². The molecule has 1 fully saturated rings. The van der Waals surface area contributed by atoms with Gasteiger partial charge in [-0.25, -0.2) is 0 Å². The van der Waals surface area contributed by atoms with E-state index in [2.05, 4.69) is 52.0 Å². The van der Waals surface area contributed by atoms with Gasteiger partial charge in [-0.1, -0.05) is 39.8 Å². The molecule has 3 atom stereocenters. The molecule has 0 aromatic heterocycles. The molecule has 0 radical (unpaired) electrons. The zero-order valence-electron chi connectivity index (χ0n) is 13.6. The molecule has 0 aliphatic heterocycles. The molecule has 1 aromatic rings. The third-order valence-electron chi connectivity index (χ3n) is 4.50. The van der Waals surface area contributed by atoms with Gasteiger partial charge in [0.15, 0.2) is 0 Å². The van der Waals surface area contributed by atoms with Crippen molar-refractivity contribution in [1.29, 1.82) is 0 Å². The second-order valence-corrected chi connectivity index (χ2v) is 7.07. The standard InChI is InChI=1S/C18H27ClO2/c1-5-11-20-17-15(19)12-16(17)21-14-9-7-13(8-10-14)18(3,4)6-2/h7-10,15-17H,5-6,11-12H2,1-4H3. The normalized spacial score (nSPS) is 25.5. The maximum absolute atomic E-state index is 6.21. The number of halogens is 1. The van der Waals surface area contributed by atoms with Crippen LogP contribution >= 0.6 is 11.6 Å². The van der Waals surface area contributed by atoms with Crippen molar-refractivity contribution in [2.75, 3.05) is 6.61 Å². The second kappa shape index (κ2) is 7.02. The number of hydrogen-bond donors (Lipinski definition) is 0. The van der Waals surface area contributed by atoms with Gasteiger partial charge in [0, 0.05) is 13.0 Å². The molecule has 2 nitrogen and oxygen atoms in total. The molecule has 21 heavy (non-hydrogen) atoms. The lowest BCUT2D eigenvalue weighted by Gasteiger charge is -2.40. The van der Waals surface area contributed by atoms with Crippen LogP contribution in [-0.2, 0) is 10.2 Å². The summed E-state index contributed by atoms with van der Waals surface area (Å²) in [6.07, 6.45) is 3.10. The highest BCUT2D eigenvalue weighted by atomic mass is 35.5. The van der Waals surface area contributed by atoms with E-state index in [-0.39, 0.29) is 23.0 Å². The van der Waals surface area contributed by atoms with Gasteiger partial charge in [-0.15, -0.1) is 11.6 Å². The minimum Gasteiger partial charge on any atom is -0.488 e. The Balaban J connectivity index is 1.94. The Morgan fingerprint density at radius 3 is 2.38 bits per heavy atom. The van der Waals surface area contributed by atoms with Crippen LogP contribution in [0.15, 0.2) is 24.3 Å². The van der Waals surface area contributed by atoms with Crippen molar-refractivity contribution >= 4 is 11.6 Å². The summed E-state index contributed by atoms with van der Waals surface area (Å²) in [5, 5.41) is 0.0832. The smallest absolute Gasteiger partial charge is 0.128 e. The maximum atomic E-state index is 6.21. The van der Waals surface area contributed by atoms with Crippen molar-refractivity contribution in [2.24, 2.45) is 0 Å². The van der Waals surface area contributed by atoms with Crippen molar-refractivity contribution in [3.05, 3.63) is 29.8 Å². The van der Waals surface area contributed by atoms with E-state index in [0.29, 0.717) is 0 Å². The Morgan fingerprint density at radius 1 is 1.19 bits per heavy atom. The molecule has 0 N–H and O–H groups in total. The summed E-state index contributed by atoms with van der Waals surface area (Å²) in [6.45, 7) is 9.60. The molecule has 0 bridgehead atoms. The number of benzene rings is 1. The SMILES string of the molecule is CCCOC1C(Cl)CC1Oc1ccc(C(C)(C)CC)cc1. The molecule has 1 aliphatic rings. The van der Waals surface area contributed by atoms with Crippen molar-refractivity contribution in [3.8, 4) is 5.75 Å². The summed E-state index contributed by atoms with van der Waals surface area (Å²) >= 11 is 6.21. The van der Waals surface area contributed by atoms with Gasteiger partial charge in [-0.05, 0) is 36.0 Å². The topological polar surface area (TPSA) is 18.5 Å². The lowest BCUT2D eigenvalue weighted by molar-refractivity contribution is -0.0797. The molecule has 2 rings (SSSR count). The first-order valence-electron chi connectivity index (χ1n) is 8.00. The average Bonchev–Trinajstić information content (AvgIpc) is 2.47. The summed E-state index contributed by atoms with van der Waals surface area (Å²) < 4.78 is 11.8. The fourth-order valence-electron chi connectivity index (χ4n) is 2.47. The quantitative estimate of drug-likeness (QED) is 0.665. The third-order valence-corrected chi connectivity index (χ3v) is 4.93. The zero-order valence-corrected chi connectivity index (χ0v) is 14.3. The van der Waals surface area contributed by atoms with Crippen LogP contribution in [0.25, 0.3) is 0 Å². The average molecular weight is 311 g/mol. The summed E-state index contributed by atoms with van der Waals surface area (Å²) in [6, 6.07) is 8.45. The van der Waals surface area contributed by atoms with Crippen LogP contribution in [0.3, 0.4) is 0 Å². The molecule has 0 amide bonds. The maximum Gasteiger partial charge on any atom is 0.128 e. The first-order chi connectivity index (χ1) is 9.97. The van der Waals surface area contributed by atoms with Crippen molar-refractivity contribution < 1.29 is 9.47 Å². The van der Waals surface area contributed by atoms with Crippen molar-refractivity contribution in [1.82, 2.24) is 0 Å². The highest BCUT2D eigenvalue weighted by molar-refractivity contribution is 6.21. The van der Waals surface area contributed by atoms with Gasteiger partial charge >= 0.3 is 0 Å². The van der Waals surface area contributed by atoms with E-state index in [4.69, 9.17) is 21.1 Å². The fraction of sp³-hybridized carbons (Fsp3) is 0.667. The summed E-state index contributed by atoms with van der Waals surface area (Å²) in [4.78, 5) is 0. The first kappa shape index (κ1) is 16.6. The molecule has 1 aliphatic carbocycles. The van der Waals surface area contributed by atoms with Crippen LogP contribution in [0.4, 0.5) is 0 Å². The zero-order chi connectivity index (χ0) is 15.5. The Labute approximate surface area is 133 Å². The Kier molecular flexibility index (Phi) is 5.56. The van der Waals surface area contributed by atoms with E-state index in [9.17, 15) is 0 Å². The summed E-state index contributed by atoms with van der Waals surface area (Å²) in [7, 11) is 0. The largest absolute Gasteiger partial charge is 0.488 e. The molecule has 3 heteroatoms. The molecule has 0 heterocycles. The molecule has 1 saturated carbocycles. The molecule has 3 unspecified atom stereocenters. The first-order valence-corrected chi connectivity index (χ1v) is 8.44. The highest BCUT2D eigenvalue weighted by Gasteiger charge is 2.42. The number of alkyl halides is 1. The number of rotatable bonds is 7. The molecule has 118 valence electrons. The predicted molar refractivity (Wildman–Crippen MR) is 88.5 cm³/mol. The Hall–Kier alpha value is -0.730. The van der Waals surface area contributed by atoms with Crippen LogP contribution in [0, 0.1) is 0 Å². The highest BCUT2D eigenvalue weighted by Crippen LogP contribution is 2.34. The minimum absolute atomic E-state index is 0.0263.